The molecule has 1 aliphatic heterocycles. The molecule has 1 aromatic carbocycles. The molecule has 0 N–H and O–H groups in total. The van der Waals surface area contributed by atoms with Gasteiger partial charge in [0, 0.05) is 12.1 Å². The SMILES string of the molecule is CC1=CC(C(=O)N2CCOc3ccccc3C2)C=C(C)C=C1. The fourth-order valence-electron chi connectivity index (χ4n) is 2.86. The van der Waals surface area contributed by atoms with E-state index < -0.39 is 0 Å². The molecule has 0 radical (unpaired) electrons. The van der Waals surface area contributed by atoms with E-state index in [1.165, 1.54) is 0 Å². The van der Waals surface area contributed by atoms with Gasteiger partial charge in [-0.2, -0.15) is 0 Å². The highest BCUT2D eigenvalue weighted by Gasteiger charge is 2.24. The molecule has 3 nitrogen and oxygen atoms in total. The van der Waals surface area contributed by atoms with Crippen LogP contribution in [0.3, 0.4) is 0 Å². The van der Waals surface area contributed by atoms with Gasteiger partial charge in [0.15, 0.2) is 0 Å². The zero-order valence-electron chi connectivity index (χ0n) is 13.1. The molecule has 0 saturated carbocycles. The van der Waals surface area contributed by atoms with E-state index in [0.717, 1.165) is 22.5 Å². The van der Waals surface area contributed by atoms with Crippen molar-refractivity contribution in [3.63, 3.8) is 0 Å². The standard InChI is InChI=1S/C19H21NO2/c1-14-7-8-15(2)12-17(11-14)19(21)20-9-10-22-18-6-4-3-5-16(18)13-20/h3-8,11-12,17H,9-10,13H2,1-2H3. The highest BCUT2D eigenvalue weighted by Crippen LogP contribution is 2.25. The van der Waals surface area contributed by atoms with Crippen LogP contribution in [0.15, 0.2) is 59.7 Å². The van der Waals surface area contributed by atoms with Gasteiger partial charge in [-0.3, -0.25) is 4.79 Å². The first kappa shape index (κ1) is 14.6. The van der Waals surface area contributed by atoms with Crippen LogP contribution in [0.25, 0.3) is 0 Å². The number of allylic oxidation sites excluding steroid dienone is 4. The molecule has 0 aromatic heterocycles. The van der Waals surface area contributed by atoms with Gasteiger partial charge in [0.2, 0.25) is 5.91 Å². The fraction of sp³-hybridized carbons (Fsp3) is 0.316. The quantitative estimate of drug-likeness (QED) is 0.794. The Morgan fingerprint density at radius 3 is 2.55 bits per heavy atom. The minimum absolute atomic E-state index is 0.141. The Bertz CT molecular complexity index is 648. The molecule has 1 amide bonds. The van der Waals surface area contributed by atoms with Crippen molar-refractivity contribution in [1.82, 2.24) is 4.90 Å². The second-order valence-corrected chi connectivity index (χ2v) is 5.90. The molecular weight excluding hydrogens is 274 g/mol. The number of ether oxygens (including phenoxy) is 1. The highest BCUT2D eigenvalue weighted by molar-refractivity contribution is 5.83. The normalized spacial score (nSPS) is 18.5. The van der Waals surface area contributed by atoms with Crippen molar-refractivity contribution in [1.29, 1.82) is 0 Å². The number of carbonyl (C=O) groups is 1. The predicted molar refractivity (Wildman–Crippen MR) is 87.5 cm³/mol. The van der Waals surface area contributed by atoms with E-state index in [1.807, 2.05) is 55.2 Å². The Kier molecular flexibility index (Phi) is 4.14. The third-order valence-corrected chi connectivity index (χ3v) is 4.04. The number of carbonyl (C=O) groups excluding carboxylic acids is 1. The van der Waals surface area contributed by atoms with Gasteiger partial charge in [0.25, 0.3) is 0 Å². The van der Waals surface area contributed by atoms with Crippen molar-refractivity contribution in [3.8, 4) is 5.75 Å². The van der Waals surface area contributed by atoms with Crippen molar-refractivity contribution in [2.24, 2.45) is 5.92 Å². The number of amides is 1. The van der Waals surface area contributed by atoms with Crippen LogP contribution in [0.4, 0.5) is 0 Å². The molecule has 1 heterocycles. The van der Waals surface area contributed by atoms with Crippen molar-refractivity contribution in [2.75, 3.05) is 13.2 Å². The van der Waals surface area contributed by atoms with Gasteiger partial charge in [-0.1, -0.05) is 53.6 Å². The topological polar surface area (TPSA) is 29.5 Å². The smallest absolute Gasteiger partial charge is 0.233 e. The van der Waals surface area contributed by atoms with Crippen LogP contribution in [0.1, 0.15) is 19.4 Å². The molecule has 3 rings (SSSR count). The highest BCUT2D eigenvalue weighted by atomic mass is 16.5. The Morgan fingerprint density at radius 1 is 1.14 bits per heavy atom. The molecule has 0 unspecified atom stereocenters. The number of para-hydroxylation sites is 1. The number of rotatable bonds is 1. The molecule has 0 saturated heterocycles. The van der Waals surface area contributed by atoms with Crippen LogP contribution in [0.5, 0.6) is 5.75 Å². The summed E-state index contributed by atoms with van der Waals surface area (Å²) in [6.07, 6.45) is 8.18. The Morgan fingerprint density at radius 2 is 1.82 bits per heavy atom. The first-order valence-corrected chi connectivity index (χ1v) is 7.68. The summed E-state index contributed by atoms with van der Waals surface area (Å²) in [7, 11) is 0. The van der Waals surface area contributed by atoms with Gasteiger partial charge in [0.1, 0.15) is 12.4 Å². The summed E-state index contributed by atoms with van der Waals surface area (Å²) in [4.78, 5) is 14.8. The van der Waals surface area contributed by atoms with Gasteiger partial charge in [-0.05, 0) is 19.9 Å². The number of fused-ring (bicyclic) bond motifs is 1. The van der Waals surface area contributed by atoms with Crippen molar-refractivity contribution >= 4 is 5.91 Å². The van der Waals surface area contributed by atoms with E-state index in [2.05, 4.69) is 12.2 Å². The average Bonchev–Trinajstić information content (AvgIpc) is 2.82. The lowest BCUT2D eigenvalue weighted by Crippen LogP contribution is -2.36. The summed E-state index contributed by atoms with van der Waals surface area (Å²) in [5.41, 5.74) is 3.32. The van der Waals surface area contributed by atoms with Gasteiger partial charge < -0.3 is 9.64 Å². The molecule has 3 heteroatoms. The molecule has 22 heavy (non-hydrogen) atoms. The lowest BCUT2D eigenvalue weighted by atomic mass is 10.0. The van der Waals surface area contributed by atoms with Crippen LogP contribution < -0.4 is 4.74 Å². The van der Waals surface area contributed by atoms with E-state index in [4.69, 9.17) is 4.74 Å². The Balaban J connectivity index is 1.83. The lowest BCUT2D eigenvalue weighted by molar-refractivity contribution is -0.133. The van der Waals surface area contributed by atoms with E-state index in [0.29, 0.717) is 19.7 Å². The van der Waals surface area contributed by atoms with E-state index in [9.17, 15) is 4.79 Å². The summed E-state index contributed by atoms with van der Waals surface area (Å²) >= 11 is 0. The van der Waals surface area contributed by atoms with E-state index >= 15 is 0 Å². The number of hydrogen-bond donors (Lipinski definition) is 0. The fourth-order valence-corrected chi connectivity index (χ4v) is 2.86. The molecule has 0 spiro atoms. The van der Waals surface area contributed by atoms with Gasteiger partial charge in [0.05, 0.1) is 12.5 Å². The van der Waals surface area contributed by atoms with Gasteiger partial charge in [-0.25, -0.2) is 0 Å². The van der Waals surface area contributed by atoms with Crippen LogP contribution in [-0.2, 0) is 11.3 Å². The monoisotopic (exact) mass is 295 g/mol. The molecule has 0 fully saturated rings. The Hall–Kier alpha value is -2.29. The van der Waals surface area contributed by atoms with Crippen molar-refractivity contribution in [3.05, 3.63) is 65.3 Å². The van der Waals surface area contributed by atoms with Crippen LogP contribution in [0.2, 0.25) is 0 Å². The molecule has 114 valence electrons. The Labute approximate surface area is 131 Å². The number of nitrogens with zero attached hydrogens (tertiary/aromatic N) is 1. The summed E-state index contributed by atoms with van der Waals surface area (Å²) in [5, 5.41) is 0. The minimum atomic E-state index is -0.194. The maximum atomic E-state index is 12.9. The number of hydrogen-bond acceptors (Lipinski definition) is 2. The molecule has 0 atom stereocenters. The summed E-state index contributed by atoms with van der Waals surface area (Å²) in [5.74, 6) is 0.835. The average molecular weight is 295 g/mol. The predicted octanol–water partition coefficient (Wildman–Crippen LogP) is 3.49. The maximum Gasteiger partial charge on any atom is 0.233 e. The molecule has 2 aliphatic rings. The zero-order chi connectivity index (χ0) is 15.5. The first-order valence-electron chi connectivity index (χ1n) is 7.68. The van der Waals surface area contributed by atoms with Crippen molar-refractivity contribution in [2.45, 2.75) is 20.4 Å². The second kappa shape index (κ2) is 6.22. The molecule has 1 aliphatic carbocycles. The molecular formula is C19H21NO2. The van der Waals surface area contributed by atoms with Crippen LogP contribution >= 0.6 is 0 Å². The first-order chi connectivity index (χ1) is 10.6. The second-order valence-electron chi connectivity index (χ2n) is 5.90. The minimum Gasteiger partial charge on any atom is -0.491 e. The van der Waals surface area contributed by atoms with Gasteiger partial charge in [-0.15, -0.1) is 0 Å². The summed E-state index contributed by atoms with van der Waals surface area (Å²) in [6.45, 7) is 5.84. The van der Waals surface area contributed by atoms with Gasteiger partial charge >= 0.3 is 0 Å². The number of benzene rings is 1. The van der Waals surface area contributed by atoms with Crippen molar-refractivity contribution < 1.29 is 9.53 Å². The summed E-state index contributed by atoms with van der Waals surface area (Å²) in [6, 6.07) is 7.94. The van der Waals surface area contributed by atoms with Crippen LogP contribution in [-0.4, -0.2) is 24.0 Å². The third kappa shape index (κ3) is 3.14. The van der Waals surface area contributed by atoms with E-state index in [-0.39, 0.29) is 11.8 Å². The summed E-state index contributed by atoms with van der Waals surface area (Å²) < 4.78 is 5.75. The largest absolute Gasteiger partial charge is 0.491 e. The molecule has 0 bridgehead atoms. The lowest BCUT2D eigenvalue weighted by Gasteiger charge is -2.23. The van der Waals surface area contributed by atoms with E-state index in [1.54, 1.807) is 0 Å². The third-order valence-electron chi connectivity index (χ3n) is 4.04. The molecule has 1 aromatic rings. The maximum absolute atomic E-state index is 12.9. The van der Waals surface area contributed by atoms with Crippen LogP contribution in [0, 0.1) is 5.92 Å². The zero-order valence-corrected chi connectivity index (χ0v) is 13.1.